The van der Waals surface area contributed by atoms with E-state index in [0.717, 1.165) is 33.2 Å². The van der Waals surface area contributed by atoms with Gasteiger partial charge in [-0.1, -0.05) is 29.5 Å². The Morgan fingerprint density at radius 3 is 2.77 bits per heavy atom. The quantitative estimate of drug-likeness (QED) is 0.578. The molecule has 1 N–H and O–H groups in total. The first-order valence-corrected chi connectivity index (χ1v) is 9.26. The Labute approximate surface area is 143 Å². The average Bonchev–Trinajstić information content (AvgIpc) is 3.09. The first-order valence-electron chi connectivity index (χ1n) is 7.15. The lowest BCUT2D eigenvalue weighted by molar-refractivity contribution is -0.559. The first-order chi connectivity index (χ1) is 10.7. The van der Waals surface area contributed by atoms with Crippen molar-refractivity contribution in [2.75, 3.05) is 18.0 Å². The van der Waals surface area contributed by atoms with Crippen LogP contribution in [0.5, 0.6) is 0 Å². The number of hydrogen-bond acceptors (Lipinski definition) is 4. The molecular formula is C15H17N4S3+. The molecule has 2 heterocycles. The van der Waals surface area contributed by atoms with Crippen LogP contribution in [-0.2, 0) is 0 Å². The third-order valence-electron chi connectivity index (χ3n) is 3.23. The van der Waals surface area contributed by atoms with Crippen LogP contribution in [0.3, 0.4) is 0 Å². The van der Waals surface area contributed by atoms with E-state index in [2.05, 4.69) is 29.8 Å². The second-order valence-electron chi connectivity index (χ2n) is 4.63. The van der Waals surface area contributed by atoms with E-state index in [1.165, 1.54) is 5.56 Å². The lowest BCUT2D eigenvalue weighted by Gasteiger charge is -2.18. The van der Waals surface area contributed by atoms with Gasteiger partial charge in [0.05, 0.1) is 10.9 Å². The molecule has 0 aliphatic heterocycles. The highest BCUT2D eigenvalue weighted by atomic mass is 32.2. The minimum atomic E-state index is 0.730. The van der Waals surface area contributed by atoms with Crippen molar-refractivity contribution < 1.29 is 4.52 Å². The van der Waals surface area contributed by atoms with Crippen molar-refractivity contribution in [3.8, 4) is 11.3 Å². The second-order valence-corrected chi connectivity index (χ2v) is 7.09. The molecule has 3 aromatic rings. The van der Waals surface area contributed by atoms with Crippen molar-refractivity contribution >= 4 is 49.3 Å². The molecule has 0 amide bonds. The van der Waals surface area contributed by atoms with Gasteiger partial charge in [-0.25, -0.2) is 0 Å². The fourth-order valence-electron chi connectivity index (χ4n) is 2.17. The van der Waals surface area contributed by atoms with Crippen LogP contribution in [0, 0.1) is 0 Å². The second kappa shape index (κ2) is 6.68. The molecule has 0 spiro atoms. The minimum absolute atomic E-state index is 0.730. The molecule has 0 aliphatic rings. The number of rotatable bonds is 4. The summed E-state index contributed by atoms with van der Waals surface area (Å²) in [5.41, 5.74) is 2.29. The summed E-state index contributed by atoms with van der Waals surface area (Å²) >= 11 is 8.82. The molecular weight excluding hydrogens is 332 g/mol. The van der Waals surface area contributed by atoms with Crippen molar-refractivity contribution in [2.24, 2.45) is 0 Å². The highest BCUT2D eigenvalue weighted by Gasteiger charge is 2.25. The summed E-state index contributed by atoms with van der Waals surface area (Å²) in [6.07, 6.45) is 0. The van der Waals surface area contributed by atoms with E-state index >= 15 is 0 Å². The largest absolute Gasteiger partial charge is 0.363 e. The molecule has 0 unspecified atom stereocenters. The van der Waals surface area contributed by atoms with Gasteiger partial charge in [0.15, 0.2) is 5.11 Å². The van der Waals surface area contributed by atoms with Gasteiger partial charge in [-0.15, -0.1) is 0 Å². The van der Waals surface area contributed by atoms with E-state index in [9.17, 15) is 0 Å². The monoisotopic (exact) mass is 349 g/mol. The summed E-state index contributed by atoms with van der Waals surface area (Å²) in [6.45, 7) is 5.75. The molecule has 2 aromatic heterocycles. The highest BCUT2D eigenvalue weighted by Crippen LogP contribution is 2.28. The summed E-state index contributed by atoms with van der Waals surface area (Å²) in [5.74, 6) is 0. The Bertz CT molecular complexity index is 779. The first kappa shape index (κ1) is 15.3. The van der Waals surface area contributed by atoms with E-state index in [0.29, 0.717) is 0 Å². The fourth-order valence-corrected chi connectivity index (χ4v) is 4.67. The van der Waals surface area contributed by atoms with Gasteiger partial charge in [-0.3, -0.25) is 4.90 Å². The molecule has 0 radical (unpaired) electrons. The van der Waals surface area contributed by atoms with Gasteiger partial charge in [-0.2, -0.15) is 0 Å². The number of nitrogens with zero attached hydrogens (tertiary/aromatic N) is 3. The molecule has 0 atom stereocenters. The number of benzene rings is 1. The van der Waals surface area contributed by atoms with Crippen molar-refractivity contribution in [3.05, 3.63) is 35.7 Å². The average molecular weight is 350 g/mol. The predicted octanol–water partition coefficient (Wildman–Crippen LogP) is 3.33. The van der Waals surface area contributed by atoms with E-state index in [-0.39, 0.29) is 0 Å². The van der Waals surface area contributed by atoms with Gasteiger partial charge in [0.25, 0.3) is 10.8 Å². The van der Waals surface area contributed by atoms with Crippen LogP contribution < -0.4 is 14.7 Å². The Balaban J connectivity index is 2.00. The fraction of sp³-hybridized carbons (Fsp3) is 0.267. The third kappa shape index (κ3) is 2.84. The molecule has 0 bridgehead atoms. The molecule has 114 valence electrons. The number of hydrogen-bond donors (Lipinski definition) is 1. The lowest BCUT2D eigenvalue weighted by atomic mass is 10.2. The number of thiocarbonyl (C=S) groups is 1. The van der Waals surface area contributed by atoms with Gasteiger partial charge in [0.2, 0.25) is 0 Å². The smallest absolute Gasteiger partial charge is 0.354 e. The van der Waals surface area contributed by atoms with Crippen LogP contribution in [0.1, 0.15) is 13.8 Å². The summed E-state index contributed by atoms with van der Waals surface area (Å²) in [4.78, 5) is 2.04. The molecule has 22 heavy (non-hydrogen) atoms. The van der Waals surface area contributed by atoms with Crippen molar-refractivity contribution in [1.29, 1.82) is 0 Å². The number of anilines is 1. The van der Waals surface area contributed by atoms with Gasteiger partial charge in [0, 0.05) is 18.2 Å². The molecule has 1 aromatic carbocycles. The summed E-state index contributed by atoms with van der Waals surface area (Å²) in [7, 11) is 0. The Hall–Kier alpha value is -1.57. The van der Waals surface area contributed by atoms with E-state index in [1.807, 2.05) is 34.5 Å². The third-order valence-corrected chi connectivity index (χ3v) is 5.68. The van der Waals surface area contributed by atoms with Crippen molar-refractivity contribution in [2.45, 2.75) is 13.8 Å². The van der Waals surface area contributed by atoms with Crippen molar-refractivity contribution in [1.82, 2.24) is 10.4 Å². The zero-order valence-corrected chi connectivity index (χ0v) is 14.9. The zero-order valence-electron chi connectivity index (χ0n) is 12.4. The van der Waals surface area contributed by atoms with Gasteiger partial charge in [-0.05, 0) is 54.1 Å². The van der Waals surface area contributed by atoms with E-state index in [4.69, 9.17) is 17.3 Å². The Kier molecular flexibility index (Phi) is 4.66. The number of aromatic nitrogens is 2. The Morgan fingerprint density at radius 2 is 2.09 bits per heavy atom. The zero-order chi connectivity index (χ0) is 15.5. The molecule has 3 rings (SSSR count). The van der Waals surface area contributed by atoms with Gasteiger partial charge in [0.1, 0.15) is 0 Å². The van der Waals surface area contributed by atoms with Crippen LogP contribution in [0.4, 0.5) is 5.13 Å². The molecule has 7 heteroatoms. The standard InChI is InChI=1S/C15H16N4S3/c1-3-16-13(20)18(4-2)14-17-19-12(10-21-15(19)22-14)11-8-6-5-7-9-11/h5-10H,3-4H2,1-2H3/p+1. The minimum Gasteiger partial charge on any atom is -0.363 e. The summed E-state index contributed by atoms with van der Waals surface area (Å²) in [5, 5.41) is 11.8. The summed E-state index contributed by atoms with van der Waals surface area (Å²) < 4.78 is 3.17. The van der Waals surface area contributed by atoms with Gasteiger partial charge >= 0.3 is 4.14 Å². The van der Waals surface area contributed by atoms with Crippen LogP contribution in [0.15, 0.2) is 35.7 Å². The lowest BCUT2D eigenvalue weighted by Crippen LogP contribution is -2.40. The van der Waals surface area contributed by atoms with Crippen LogP contribution in [0.25, 0.3) is 15.4 Å². The Morgan fingerprint density at radius 1 is 1.32 bits per heavy atom. The highest BCUT2D eigenvalue weighted by molar-refractivity contribution is 7.80. The molecule has 0 saturated carbocycles. The topological polar surface area (TPSA) is 32.3 Å². The predicted molar refractivity (Wildman–Crippen MR) is 97.9 cm³/mol. The van der Waals surface area contributed by atoms with Gasteiger partial charge < -0.3 is 5.32 Å². The number of fused-ring (bicyclic) bond motifs is 1. The van der Waals surface area contributed by atoms with Crippen LogP contribution >= 0.6 is 34.9 Å². The van der Waals surface area contributed by atoms with E-state index in [1.54, 1.807) is 22.7 Å². The number of nitrogens with one attached hydrogen (secondary N) is 1. The van der Waals surface area contributed by atoms with Crippen molar-refractivity contribution in [3.63, 3.8) is 0 Å². The SMILES string of the molecule is CCNC(=S)N(CC)c1n[n+]2c(-c3ccccc3)csc2s1. The molecule has 0 fully saturated rings. The normalized spacial score (nSPS) is 10.8. The molecule has 0 aliphatic carbocycles. The maximum absolute atomic E-state index is 5.44. The van der Waals surface area contributed by atoms with E-state index < -0.39 is 0 Å². The summed E-state index contributed by atoms with van der Waals surface area (Å²) in [6, 6.07) is 10.3. The molecule has 4 nitrogen and oxygen atoms in total. The number of thiazole rings is 1. The maximum atomic E-state index is 5.44. The maximum Gasteiger partial charge on any atom is 0.354 e. The molecule has 0 saturated heterocycles. The van der Waals surface area contributed by atoms with Crippen LogP contribution in [-0.4, -0.2) is 23.3 Å². The van der Waals surface area contributed by atoms with Crippen LogP contribution in [0.2, 0.25) is 0 Å².